The maximum Gasteiger partial charge on any atom is 0.295 e. The molecule has 1 fully saturated rings. The molecule has 0 aromatic heterocycles. The second kappa shape index (κ2) is 9.66. The van der Waals surface area contributed by atoms with Crippen LogP contribution in [0.2, 0.25) is 0 Å². The zero-order valence-corrected chi connectivity index (χ0v) is 18.3. The van der Waals surface area contributed by atoms with Gasteiger partial charge in [-0.3, -0.25) is 9.59 Å². The van der Waals surface area contributed by atoms with Gasteiger partial charge in [-0.25, -0.2) is 0 Å². The molecule has 1 amide bonds. The van der Waals surface area contributed by atoms with Gasteiger partial charge in [0, 0.05) is 17.7 Å². The smallest absolute Gasteiger partial charge is 0.295 e. The van der Waals surface area contributed by atoms with Gasteiger partial charge in [0.1, 0.15) is 17.3 Å². The van der Waals surface area contributed by atoms with E-state index in [1.54, 1.807) is 37.4 Å². The first-order valence-corrected chi connectivity index (χ1v) is 10.1. The van der Waals surface area contributed by atoms with Gasteiger partial charge in [0.2, 0.25) is 0 Å². The molecule has 0 saturated carbocycles. The summed E-state index contributed by atoms with van der Waals surface area (Å²) in [6.45, 7) is 1.14. The number of likely N-dealkylation sites (tertiary alicyclic amines) is 1. The highest BCUT2D eigenvalue weighted by Gasteiger charge is 2.46. The van der Waals surface area contributed by atoms with Crippen LogP contribution >= 0.6 is 0 Å². The number of rotatable bonds is 8. The predicted octanol–water partition coefficient (Wildman–Crippen LogP) is 3.08. The van der Waals surface area contributed by atoms with Crippen LogP contribution in [0, 0.1) is 0 Å². The summed E-state index contributed by atoms with van der Waals surface area (Å²) in [5.41, 5.74) is 1.11. The van der Waals surface area contributed by atoms with Crippen LogP contribution in [0.15, 0.2) is 54.1 Å². The molecule has 0 unspecified atom stereocenters. The minimum absolute atomic E-state index is 0.0487. The second-order valence-corrected chi connectivity index (χ2v) is 7.62. The summed E-state index contributed by atoms with van der Waals surface area (Å²) < 4.78 is 10.7. The number of Topliss-reactive ketones (excluding diaryl/α,β-unsaturated/α-hetero) is 1. The number of ketones is 1. The topological polar surface area (TPSA) is 79.3 Å². The molecule has 1 aliphatic heterocycles. The van der Waals surface area contributed by atoms with E-state index in [4.69, 9.17) is 9.47 Å². The fourth-order valence-electron chi connectivity index (χ4n) is 3.81. The molecule has 1 aliphatic rings. The van der Waals surface area contributed by atoms with Crippen LogP contribution in [0.4, 0.5) is 0 Å². The molecular formula is C24H28N2O5. The Kier molecular flexibility index (Phi) is 6.97. The van der Waals surface area contributed by atoms with E-state index in [1.165, 1.54) is 12.0 Å². The number of ether oxygens (including phenoxy) is 2. The third-order valence-electron chi connectivity index (χ3n) is 5.32. The van der Waals surface area contributed by atoms with Gasteiger partial charge in [-0.1, -0.05) is 30.3 Å². The molecule has 0 radical (unpaired) electrons. The molecule has 1 heterocycles. The number of hydrogen-bond acceptors (Lipinski definition) is 6. The Bertz CT molecular complexity index is 999. The van der Waals surface area contributed by atoms with E-state index < -0.39 is 17.7 Å². The Labute approximate surface area is 182 Å². The van der Waals surface area contributed by atoms with Crippen LogP contribution < -0.4 is 9.47 Å². The molecule has 0 aliphatic carbocycles. The maximum absolute atomic E-state index is 13.1. The zero-order valence-electron chi connectivity index (χ0n) is 18.3. The maximum atomic E-state index is 13.1. The first-order valence-electron chi connectivity index (χ1n) is 10.1. The first kappa shape index (κ1) is 22.4. The van der Waals surface area contributed by atoms with Gasteiger partial charge < -0.3 is 24.4 Å². The fraction of sp³-hybridized carbons (Fsp3) is 0.333. The predicted molar refractivity (Wildman–Crippen MR) is 118 cm³/mol. The molecule has 2 aromatic rings. The van der Waals surface area contributed by atoms with Gasteiger partial charge in [0.05, 0.1) is 25.8 Å². The monoisotopic (exact) mass is 424 g/mol. The third-order valence-corrected chi connectivity index (χ3v) is 5.32. The molecular weight excluding hydrogens is 396 g/mol. The summed E-state index contributed by atoms with van der Waals surface area (Å²) in [7, 11) is 6.97. The molecule has 3 rings (SSSR count). The van der Waals surface area contributed by atoms with Crippen molar-refractivity contribution in [3.05, 3.63) is 65.2 Å². The van der Waals surface area contributed by atoms with Gasteiger partial charge in [0.15, 0.2) is 0 Å². The van der Waals surface area contributed by atoms with Gasteiger partial charge in [0.25, 0.3) is 11.7 Å². The number of para-hydroxylation sites is 1. The molecule has 7 nitrogen and oxygen atoms in total. The number of aliphatic hydroxyl groups is 1. The number of aliphatic hydroxyl groups excluding tert-OH is 1. The fourth-order valence-corrected chi connectivity index (χ4v) is 3.81. The molecule has 1 saturated heterocycles. The largest absolute Gasteiger partial charge is 0.507 e. The van der Waals surface area contributed by atoms with Crippen LogP contribution in [0.1, 0.15) is 23.6 Å². The highest BCUT2D eigenvalue weighted by Crippen LogP contribution is 2.42. The Morgan fingerprint density at radius 1 is 1.06 bits per heavy atom. The molecule has 2 aromatic carbocycles. The highest BCUT2D eigenvalue weighted by molar-refractivity contribution is 6.46. The summed E-state index contributed by atoms with van der Waals surface area (Å²) >= 11 is 0. The van der Waals surface area contributed by atoms with Crippen molar-refractivity contribution >= 4 is 17.4 Å². The van der Waals surface area contributed by atoms with Crippen LogP contribution in [-0.4, -0.2) is 68.0 Å². The van der Waals surface area contributed by atoms with Crippen molar-refractivity contribution in [2.45, 2.75) is 12.5 Å². The number of carbonyl (C=O) groups excluding carboxylic acids is 2. The summed E-state index contributed by atoms with van der Waals surface area (Å²) in [5.74, 6) is -0.481. The SMILES string of the molecule is COc1cccc(/C(O)=C2\C(=O)C(=O)N(CCCN(C)C)[C@@H]2c2ccccc2OC)c1. The minimum Gasteiger partial charge on any atom is -0.507 e. The van der Waals surface area contributed by atoms with Crippen molar-refractivity contribution in [1.29, 1.82) is 0 Å². The lowest BCUT2D eigenvalue weighted by molar-refractivity contribution is -0.140. The summed E-state index contributed by atoms with van der Waals surface area (Å²) in [6.07, 6.45) is 0.685. The quantitative estimate of drug-likeness (QED) is 0.399. The van der Waals surface area contributed by atoms with Crippen molar-refractivity contribution < 1.29 is 24.2 Å². The van der Waals surface area contributed by atoms with E-state index >= 15 is 0 Å². The lowest BCUT2D eigenvalue weighted by Gasteiger charge is -2.27. The summed E-state index contributed by atoms with van der Waals surface area (Å²) in [5, 5.41) is 11.1. The summed E-state index contributed by atoms with van der Waals surface area (Å²) in [4.78, 5) is 29.6. The first-order chi connectivity index (χ1) is 14.9. The third kappa shape index (κ3) is 4.56. The van der Waals surface area contributed by atoms with Gasteiger partial charge in [-0.2, -0.15) is 0 Å². The van der Waals surface area contributed by atoms with Crippen LogP contribution in [0.3, 0.4) is 0 Å². The van der Waals surface area contributed by atoms with Crippen molar-refractivity contribution in [3.63, 3.8) is 0 Å². The van der Waals surface area contributed by atoms with E-state index in [-0.39, 0.29) is 11.3 Å². The van der Waals surface area contributed by atoms with Crippen LogP contribution in [-0.2, 0) is 9.59 Å². The zero-order chi connectivity index (χ0) is 22.5. The Morgan fingerprint density at radius 2 is 1.81 bits per heavy atom. The van der Waals surface area contributed by atoms with E-state index in [1.807, 2.05) is 37.2 Å². The highest BCUT2D eigenvalue weighted by atomic mass is 16.5. The van der Waals surface area contributed by atoms with Crippen molar-refractivity contribution in [3.8, 4) is 11.5 Å². The van der Waals surface area contributed by atoms with Crippen molar-refractivity contribution in [2.24, 2.45) is 0 Å². The molecule has 0 bridgehead atoms. The van der Waals surface area contributed by atoms with Crippen LogP contribution in [0.25, 0.3) is 5.76 Å². The van der Waals surface area contributed by atoms with Gasteiger partial charge in [-0.15, -0.1) is 0 Å². The van der Waals surface area contributed by atoms with Gasteiger partial charge in [-0.05, 0) is 45.3 Å². The second-order valence-electron chi connectivity index (χ2n) is 7.62. The molecule has 164 valence electrons. The van der Waals surface area contributed by atoms with Gasteiger partial charge >= 0.3 is 0 Å². The Balaban J connectivity index is 2.15. The van der Waals surface area contributed by atoms with Crippen molar-refractivity contribution in [1.82, 2.24) is 9.80 Å². The number of methoxy groups -OCH3 is 2. The molecule has 0 spiro atoms. The Hall–Kier alpha value is -3.32. The van der Waals surface area contributed by atoms with E-state index in [0.29, 0.717) is 35.6 Å². The van der Waals surface area contributed by atoms with E-state index in [0.717, 1.165) is 6.54 Å². The molecule has 7 heteroatoms. The summed E-state index contributed by atoms with van der Waals surface area (Å²) in [6, 6.07) is 13.3. The molecule has 1 N–H and O–H groups in total. The average molecular weight is 424 g/mol. The lowest BCUT2D eigenvalue weighted by Crippen LogP contribution is -2.32. The molecule has 1 atom stereocenters. The van der Waals surface area contributed by atoms with E-state index in [9.17, 15) is 14.7 Å². The lowest BCUT2D eigenvalue weighted by atomic mass is 9.94. The number of amides is 1. The number of benzene rings is 2. The number of carbonyl (C=O) groups is 2. The van der Waals surface area contributed by atoms with E-state index in [2.05, 4.69) is 0 Å². The standard InChI is InChI=1S/C24H28N2O5/c1-25(2)13-8-14-26-21(18-11-5-6-12-19(18)31-4)20(23(28)24(26)29)22(27)16-9-7-10-17(15-16)30-3/h5-7,9-12,15,21,27H,8,13-14H2,1-4H3/b22-20+/t21-/m1/s1. The number of nitrogens with zero attached hydrogens (tertiary/aromatic N) is 2. The normalized spacial score (nSPS) is 18.0. The number of hydrogen-bond donors (Lipinski definition) is 1. The van der Waals surface area contributed by atoms with Crippen molar-refractivity contribution in [2.75, 3.05) is 41.4 Å². The van der Waals surface area contributed by atoms with Crippen LogP contribution in [0.5, 0.6) is 11.5 Å². The molecule has 31 heavy (non-hydrogen) atoms. The average Bonchev–Trinajstić information content (AvgIpc) is 3.03. The Morgan fingerprint density at radius 3 is 2.48 bits per heavy atom. The minimum atomic E-state index is -0.746.